The van der Waals surface area contributed by atoms with Crippen LogP contribution in [0.1, 0.15) is 0 Å². The van der Waals surface area contributed by atoms with Gasteiger partial charge in [-0.1, -0.05) is 36.4 Å². The van der Waals surface area contributed by atoms with Crippen LogP contribution in [0, 0.1) is 69.8 Å². The Bertz CT molecular complexity index is 2000. The number of halogens is 12. The van der Waals surface area contributed by atoms with Crippen LogP contribution in [0.3, 0.4) is 0 Å². The fourth-order valence-electron chi connectivity index (χ4n) is 4.79. The van der Waals surface area contributed by atoms with Crippen LogP contribution in [-0.4, -0.2) is 7.32 Å². The lowest BCUT2D eigenvalue weighted by atomic mass is 10.0. The monoisotopic (exact) mass is 656 g/mol. The fraction of sp³-hybridized carbons (Fsp3) is 0. The second kappa shape index (κ2) is 11.3. The van der Waals surface area contributed by atoms with E-state index < -0.39 is 127 Å². The van der Waals surface area contributed by atoms with Gasteiger partial charge in [0, 0.05) is 16.2 Å². The summed E-state index contributed by atoms with van der Waals surface area (Å²) in [6.45, 7) is 0. The van der Waals surface area contributed by atoms with E-state index in [0.717, 1.165) is 36.4 Å². The highest BCUT2D eigenvalue weighted by atomic mass is 19.2. The molecule has 0 atom stereocenters. The molecule has 0 aliphatic rings. The maximum atomic E-state index is 15.1. The summed E-state index contributed by atoms with van der Waals surface area (Å²) in [6.07, 6.45) is 0. The highest BCUT2D eigenvalue weighted by Crippen LogP contribution is 2.40. The molecular weight excluding hydrogens is 647 g/mol. The molecule has 234 valence electrons. The van der Waals surface area contributed by atoms with Crippen molar-refractivity contribution in [3.63, 3.8) is 0 Å². The van der Waals surface area contributed by atoms with E-state index in [4.69, 9.17) is 14.0 Å². The Labute approximate surface area is 248 Å². The minimum atomic E-state index is -3.01. The van der Waals surface area contributed by atoms with E-state index >= 15 is 13.2 Å². The number of benzene rings is 6. The molecule has 0 unspecified atom stereocenters. The van der Waals surface area contributed by atoms with Gasteiger partial charge in [0.25, 0.3) is 0 Å². The SMILES string of the molecule is Fc1c(F)c(F)c2c(F)cccc2c1OB(Oc1c(F)c(F)c(F)c2c(F)cccc12)Oc1c(F)c(F)c(F)c2c(F)cccc12. The van der Waals surface area contributed by atoms with Crippen molar-refractivity contribution in [2.24, 2.45) is 0 Å². The summed E-state index contributed by atoms with van der Waals surface area (Å²) in [6, 6.07) is 6.97. The van der Waals surface area contributed by atoms with Gasteiger partial charge in [-0.25, -0.2) is 39.5 Å². The molecule has 6 aromatic carbocycles. The number of rotatable bonds is 6. The lowest BCUT2D eigenvalue weighted by Crippen LogP contribution is -2.38. The quantitative estimate of drug-likeness (QED) is 0.102. The first-order chi connectivity index (χ1) is 21.8. The zero-order chi connectivity index (χ0) is 33.2. The normalized spacial score (nSPS) is 11.5. The average molecular weight is 656 g/mol. The fourth-order valence-corrected chi connectivity index (χ4v) is 4.79. The van der Waals surface area contributed by atoms with Crippen LogP contribution in [0.15, 0.2) is 54.6 Å². The Morgan fingerprint density at radius 1 is 0.326 bits per heavy atom. The van der Waals surface area contributed by atoms with Gasteiger partial charge in [-0.05, 0) is 18.2 Å². The predicted molar refractivity (Wildman–Crippen MR) is 139 cm³/mol. The smallest absolute Gasteiger partial charge is 0.486 e. The largest absolute Gasteiger partial charge is 0.864 e. The summed E-state index contributed by atoms with van der Waals surface area (Å²) in [5, 5.41) is -6.24. The highest BCUT2D eigenvalue weighted by molar-refractivity contribution is 6.40. The van der Waals surface area contributed by atoms with E-state index in [0.29, 0.717) is 18.2 Å². The van der Waals surface area contributed by atoms with E-state index in [-0.39, 0.29) is 0 Å². The summed E-state index contributed by atoms with van der Waals surface area (Å²) >= 11 is 0. The van der Waals surface area contributed by atoms with Gasteiger partial charge in [0.05, 0.1) is 16.2 Å². The maximum absolute atomic E-state index is 15.1. The van der Waals surface area contributed by atoms with Gasteiger partial charge in [0.2, 0.25) is 17.5 Å². The van der Waals surface area contributed by atoms with Crippen LogP contribution < -0.4 is 14.0 Å². The molecule has 0 amide bonds. The maximum Gasteiger partial charge on any atom is 0.864 e. The molecule has 16 heteroatoms. The first-order valence-corrected chi connectivity index (χ1v) is 12.6. The van der Waals surface area contributed by atoms with Gasteiger partial charge < -0.3 is 14.0 Å². The van der Waals surface area contributed by atoms with Crippen LogP contribution in [0.2, 0.25) is 0 Å². The van der Waals surface area contributed by atoms with Gasteiger partial charge >= 0.3 is 7.32 Å². The van der Waals surface area contributed by atoms with Crippen molar-refractivity contribution >= 4 is 39.6 Å². The Balaban J connectivity index is 1.61. The first-order valence-electron chi connectivity index (χ1n) is 12.6. The lowest BCUT2D eigenvalue weighted by molar-refractivity contribution is 0.283. The second-order valence-electron chi connectivity index (χ2n) is 9.44. The Kier molecular flexibility index (Phi) is 7.53. The third-order valence-electron chi connectivity index (χ3n) is 6.83. The van der Waals surface area contributed by atoms with Crippen molar-refractivity contribution in [2.45, 2.75) is 0 Å². The minimum absolute atomic E-state index is 0.645. The summed E-state index contributed by atoms with van der Waals surface area (Å²) in [7, 11) is -3.01. The van der Waals surface area contributed by atoms with Crippen LogP contribution >= 0.6 is 0 Å². The van der Waals surface area contributed by atoms with Crippen molar-refractivity contribution in [1.82, 2.24) is 0 Å². The average Bonchev–Trinajstić information content (AvgIpc) is 3.03. The highest BCUT2D eigenvalue weighted by Gasteiger charge is 2.39. The molecular formula is C30H9BF12O3. The Morgan fingerprint density at radius 3 is 0.848 bits per heavy atom. The van der Waals surface area contributed by atoms with Crippen molar-refractivity contribution in [3.8, 4) is 17.2 Å². The third-order valence-corrected chi connectivity index (χ3v) is 6.83. The molecule has 0 saturated heterocycles. The van der Waals surface area contributed by atoms with Crippen LogP contribution in [-0.2, 0) is 0 Å². The molecule has 0 fully saturated rings. The van der Waals surface area contributed by atoms with E-state index in [2.05, 4.69) is 0 Å². The number of hydrogen-bond acceptors (Lipinski definition) is 3. The van der Waals surface area contributed by atoms with Crippen LogP contribution in [0.4, 0.5) is 52.7 Å². The zero-order valence-corrected chi connectivity index (χ0v) is 22.0. The molecule has 6 rings (SSSR count). The van der Waals surface area contributed by atoms with Gasteiger partial charge in [-0.15, -0.1) is 0 Å². The van der Waals surface area contributed by atoms with Crippen LogP contribution in [0.5, 0.6) is 17.2 Å². The Morgan fingerprint density at radius 2 is 0.587 bits per heavy atom. The first kappa shape index (κ1) is 30.7. The van der Waals surface area contributed by atoms with Gasteiger partial charge in [-0.2, -0.15) is 13.2 Å². The molecule has 3 nitrogen and oxygen atoms in total. The molecule has 0 heterocycles. The number of fused-ring (bicyclic) bond motifs is 3. The second-order valence-corrected chi connectivity index (χ2v) is 9.44. The molecule has 0 spiro atoms. The third kappa shape index (κ3) is 4.66. The van der Waals surface area contributed by atoms with E-state index in [1.165, 1.54) is 0 Å². The molecule has 6 aromatic rings. The van der Waals surface area contributed by atoms with E-state index in [1.54, 1.807) is 0 Å². The Hall–Kier alpha value is -5.28. The van der Waals surface area contributed by atoms with Crippen molar-refractivity contribution in [3.05, 3.63) is 124 Å². The van der Waals surface area contributed by atoms with Gasteiger partial charge in [0.1, 0.15) is 17.5 Å². The summed E-state index contributed by atoms with van der Waals surface area (Å²) in [5.41, 5.74) is 0. The number of hydrogen-bond donors (Lipinski definition) is 0. The van der Waals surface area contributed by atoms with Crippen molar-refractivity contribution < 1.29 is 66.6 Å². The topological polar surface area (TPSA) is 27.7 Å². The van der Waals surface area contributed by atoms with Crippen LogP contribution in [0.25, 0.3) is 32.3 Å². The predicted octanol–water partition coefficient (Wildman–Crippen LogP) is 9.34. The molecule has 0 N–H and O–H groups in total. The van der Waals surface area contributed by atoms with Crippen molar-refractivity contribution in [2.75, 3.05) is 0 Å². The molecule has 0 aliphatic carbocycles. The summed E-state index contributed by atoms with van der Waals surface area (Å²) < 4.78 is 192. The molecule has 0 radical (unpaired) electrons. The van der Waals surface area contributed by atoms with Gasteiger partial charge in [0.15, 0.2) is 52.2 Å². The van der Waals surface area contributed by atoms with Gasteiger partial charge in [-0.3, -0.25) is 0 Å². The lowest BCUT2D eigenvalue weighted by Gasteiger charge is -2.21. The zero-order valence-electron chi connectivity index (χ0n) is 22.0. The molecule has 0 aromatic heterocycles. The molecule has 0 bridgehead atoms. The van der Waals surface area contributed by atoms with E-state index in [1.807, 2.05) is 0 Å². The summed E-state index contributed by atoms with van der Waals surface area (Å²) in [5.74, 6) is -28.4. The molecule has 0 saturated carbocycles. The minimum Gasteiger partial charge on any atom is -0.486 e. The molecule has 46 heavy (non-hydrogen) atoms. The van der Waals surface area contributed by atoms with E-state index in [9.17, 15) is 39.5 Å². The molecule has 0 aliphatic heterocycles. The standard InChI is InChI=1S/C30H9BF12O3/c32-13-7-1-4-10-16(13)19(35)22(38)25(41)28(10)44-31(45-29-11-5-2-8-14(33)17(11)20(36)23(39)26(29)42)46-30-12-6-3-9-15(34)18(12)21(37)24(40)27(30)43/h1-9H. The summed E-state index contributed by atoms with van der Waals surface area (Å²) in [4.78, 5) is 0. The van der Waals surface area contributed by atoms with Crippen molar-refractivity contribution in [1.29, 1.82) is 0 Å².